The number of carboxylic acids is 2. The SMILES string of the molecule is COC(=O)C(CC(=O)O)NC(N)=NCCCC(N)C(=O)O. The monoisotopic (exact) mass is 304 g/mol. The van der Waals surface area contributed by atoms with Crippen molar-refractivity contribution >= 4 is 23.9 Å². The van der Waals surface area contributed by atoms with Crippen molar-refractivity contribution < 1.29 is 29.3 Å². The van der Waals surface area contributed by atoms with Crippen molar-refractivity contribution in [2.24, 2.45) is 16.5 Å². The number of aliphatic imine (C=N–C) groups is 1. The van der Waals surface area contributed by atoms with E-state index in [2.05, 4.69) is 15.0 Å². The fourth-order valence-corrected chi connectivity index (χ4v) is 1.37. The lowest BCUT2D eigenvalue weighted by Gasteiger charge is -2.15. The van der Waals surface area contributed by atoms with Crippen LogP contribution in [0.3, 0.4) is 0 Å². The van der Waals surface area contributed by atoms with Crippen molar-refractivity contribution in [2.45, 2.75) is 31.3 Å². The van der Waals surface area contributed by atoms with Gasteiger partial charge in [-0.25, -0.2) is 4.79 Å². The van der Waals surface area contributed by atoms with Crippen LogP contribution >= 0.6 is 0 Å². The summed E-state index contributed by atoms with van der Waals surface area (Å²) >= 11 is 0. The summed E-state index contributed by atoms with van der Waals surface area (Å²) in [7, 11) is 1.12. The minimum absolute atomic E-state index is 0.129. The van der Waals surface area contributed by atoms with Crippen LogP contribution in [0.15, 0.2) is 4.99 Å². The smallest absolute Gasteiger partial charge is 0.328 e. The van der Waals surface area contributed by atoms with E-state index in [0.29, 0.717) is 6.42 Å². The Morgan fingerprint density at radius 3 is 2.43 bits per heavy atom. The predicted octanol–water partition coefficient (Wildman–Crippen LogP) is -1.90. The van der Waals surface area contributed by atoms with Crippen LogP contribution in [-0.2, 0) is 19.1 Å². The summed E-state index contributed by atoms with van der Waals surface area (Å²) in [5.74, 6) is -3.20. The maximum Gasteiger partial charge on any atom is 0.328 e. The Morgan fingerprint density at radius 2 is 1.95 bits per heavy atom. The molecule has 0 aromatic carbocycles. The van der Waals surface area contributed by atoms with Gasteiger partial charge in [0.2, 0.25) is 0 Å². The fraction of sp³-hybridized carbons (Fsp3) is 0.636. The highest BCUT2D eigenvalue weighted by Gasteiger charge is 2.22. The number of rotatable bonds is 9. The Labute approximate surface area is 121 Å². The Bertz CT molecular complexity index is 412. The second-order valence-corrected chi connectivity index (χ2v) is 4.17. The van der Waals surface area contributed by atoms with Gasteiger partial charge >= 0.3 is 17.9 Å². The lowest BCUT2D eigenvalue weighted by molar-refractivity contribution is -0.147. The van der Waals surface area contributed by atoms with Gasteiger partial charge in [0.05, 0.1) is 13.5 Å². The molecule has 0 aliphatic rings. The molecular weight excluding hydrogens is 284 g/mol. The lowest BCUT2D eigenvalue weighted by atomic mass is 10.2. The molecule has 0 rings (SSSR count). The van der Waals surface area contributed by atoms with E-state index in [1.165, 1.54) is 0 Å². The molecule has 10 nitrogen and oxygen atoms in total. The van der Waals surface area contributed by atoms with Gasteiger partial charge in [-0.1, -0.05) is 0 Å². The average Bonchev–Trinajstić information content (AvgIpc) is 2.40. The zero-order valence-electron chi connectivity index (χ0n) is 11.6. The predicted molar refractivity (Wildman–Crippen MR) is 72.5 cm³/mol. The van der Waals surface area contributed by atoms with Crippen molar-refractivity contribution in [3.8, 4) is 0 Å². The van der Waals surface area contributed by atoms with Crippen molar-refractivity contribution in [1.82, 2.24) is 5.32 Å². The zero-order valence-corrected chi connectivity index (χ0v) is 11.6. The number of aliphatic carboxylic acids is 2. The van der Waals surface area contributed by atoms with Gasteiger partial charge in [0.1, 0.15) is 12.1 Å². The molecule has 2 atom stereocenters. The number of nitrogens with two attached hydrogens (primary N) is 2. The van der Waals surface area contributed by atoms with Crippen molar-refractivity contribution in [2.75, 3.05) is 13.7 Å². The van der Waals surface area contributed by atoms with Crippen LogP contribution in [0.5, 0.6) is 0 Å². The summed E-state index contributed by atoms with van der Waals surface area (Å²) < 4.78 is 4.44. The molecule has 0 spiro atoms. The second-order valence-electron chi connectivity index (χ2n) is 4.17. The van der Waals surface area contributed by atoms with Crippen LogP contribution in [0.1, 0.15) is 19.3 Å². The number of hydrogen-bond acceptors (Lipinski definition) is 6. The molecule has 0 saturated carbocycles. The Morgan fingerprint density at radius 1 is 1.33 bits per heavy atom. The second kappa shape index (κ2) is 9.53. The van der Waals surface area contributed by atoms with Crippen LogP contribution in [0.2, 0.25) is 0 Å². The Balaban J connectivity index is 4.31. The molecule has 0 aliphatic carbocycles. The molecule has 7 N–H and O–H groups in total. The van der Waals surface area contributed by atoms with Crippen LogP contribution in [0.25, 0.3) is 0 Å². The van der Waals surface area contributed by atoms with E-state index < -0.39 is 36.4 Å². The summed E-state index contributed by atoms with van der Waals surface area (Å²) in [5.41, 5.74) is 10.8. The first-order valence-electron chi connectivity index (χ1n) is 6.12. The van der Waals surface area contributed by atoms with E-state index >= 15 is 0 Å². The van der Waals surface area contributed by atoms with Crippen LogP contribution in [-0.4, -0.2) is 59.8 Å². The Kier molecular flexibility index (Phi) is 8.46. The van der Waals surface area contributed by atoms with Gasteiger partial charge in [-0.2, -0.15) is 0 Å². The molecule has 10 heteroatoms. The first-order valence-corrected chi connectivity index (χ1v) is 6.12. The number of nitrogens with one attached hydrogen (secondary N) is 1. The molecule has 0 aromatic heterocycles. The van der Waals surface area contributed by atoms with Gasteiger partial charge in [-0.05, 0) is 12.8 Å². The van der Waals surface area contributed by atoms with Crippen LogP contribution in [0.4, 0.5) is 0 Å². The van der Waals surface area contributed by atoms with E-state index in [9.17, 15) is 14.4 Å². The number of methoxy groups -OCH3 is 1. The van der Waals surface area contributed by atoms with Gasteiger partial charge in [-0.3, -0.25) is 14.6 Å². The number of guanidine groups is 1. The van der Waals surface area contributed by atoms with Gasteiger partial charge in [-0.15, -0.1) is 0 Å². The molecule has 0 heterocycles. The van der Waals surface area contributed by atoms with Gasteiger partial charge in [0.25, 0.3) is 0 Å². The molecule has 0 saturated heterocycles. The molecule has 0 amide bonds. The number of ether oxygens (including phenoxy) is 1. The lowest BCUT2D eigenvalue weighted by Crippen LogP contribution is -2.46. The minimum Gasteiger partial charge on any atom is -0.481 e. The average molecular weight is 304 g/mol. The van der Waals surface area contributed by atoms with Crippen LogP contribution in [0, 0.1) is 0 Å². The molecule has 0 aliphatic heterocycles. The van der Waals surface area contributed by atoms with Gasteiger partial charge in [0, 0.05) is 6.54 Å². The largest absolute Gasteiger partial charge is 0.481 e. The molecule has 120 valence electrons. The van der Waals surface area contributed by atoms with E-state index in [0.717, 1.165) is 7.11 Å². The van der Waals surface area contributed by atoms with Crippen LogP contribution < -0.4 is 16.8 Å². The third-order valence-electron chi connectivity index (χ3n) is 2.46. The van der Waals surface area contributed by atoms with E-state index in [-0.39, 0.29) is 18.9 Å². The van der Waals surface area contributed by atoms with Crippen molar-refractivity contribution in [3.05, 3.63) is 0 Å². The summed E-state index contributed by atoms with van der Waals surface area (Å²) in [5, 5.41) is 19.7. The van der Waals surface area contributed by atoms with Crippen molar-refractivity contribution in [3.63, 3.8) is 0 Å². The first kappa shape index (κ1) is 18.6. The number of carbonyl (C=O) groups is 3. The highest BCUT2D eigenvalue weighted by Crippen LogP contribution is 1.97. The maximum atomic E-state index is 11.3. The van der Waals surface area contributed by atoms with E-state index in [1.807, 2.05) is 0 Å². The molecular formula is C11H20N4O6. The molecule has 0 bridgehead atoms. The van der Waals surface area contributed by atoms with E-state index in [4.69, 9.17) is 21.7 Å². The number of carbonyl (C=O) groups excluding carboxylic acids is 1. The summed E-state index contributed by atoms with van der Waals surface area (Å²) in [6, 6.07) is -2.11. The fourth-order valence-electron chi connectivity index (χ4n) is 1.37. The molecule has 0 radical (unpaired) electrons. The summed E-state index contributed by atoms with van der Waals surface area (Å²) in [4.78, 5) is 36.3. The molecule has 0 fully saturated rings. The van der Waals surface area contributed by atoms with Crippen molar-refractivity contribution in [1.29, 1.82) is 0 Å². The quantitative estimate of drug-likeness (QED) is 0.141. The maximum absolute atomic E-state index is 11.3. The number of carboxylic acid groups (broad SMARTS) is 2. The zero-order chi connectivity index (χ0) is 16.4. The molecule has 21 heavy (non-hydrogen) atoms. The highest BCUT2D eigenvalue weighted by atomic mass is 16.5. The van der Waals surface area contributed by atoms with Gasteiger partial charge < -0.3 is 31.7 Å². The van der Waals surface area contributed by atoms with E-state index in [1.54, 1.807) is 0 Å². The number of hydrogen-bond donors (Lipinski definition) is 5. The minimum atomic E-state index is -1.20. The summed E-state index contributed by atoms with van der Waals surface area (Å²) in [6.45, 7) is 0.195. The number of nitrogens with zero attached hydrogens (tertiary/aromatic N) is 1. The third-order valence-corrected chi connectivity index (χ3v) is 2.46. The Hall–Kier alpha value is -2.36. The molecule has 0 aromatic rings. The standard InChI is InChI=1S/C11H20N4O6/c1-21-10(20)7(5-8(16)17)15-11(13)14-4-2-3-6(12)9(18)19/h6-7H,2-5,12H2,1H3,(H,16,17)(H,18,19)(H3,13,14,15). The molecule has 2 unspecified atom stereocenters. The number of esters is 1. The highest BCUT2D eigenvalue weighted by molar-refractivity contribution is 5.88. The van der Waals surface area contributed by atoms with Gasteiger partial charge in [0.15, 0.2) is 5.96 Å². The first-order chi connectivity index (χ1) is 9.77. The summed E-state index contributed by atoms with van der Waals surface area (Å²) in [6.07, 6.45) is 0.103. The normalized spacial score (nSPS) is 14.1. The topological polar surface area (TPSA) is 177 Å². The third kappa shape index (κ3) is 8.42.